The van der Waals surface area contributed by atoms with E-state index in [1.165, 1.54) is 25.9 Å². The maximum absolute atomic E-state index is 3.32. The first-order chi connectivity index (χ1) is 7.68. The van der Waals surface area contributed by atoms with Crippen molar-refractivity contribution in [2.45, 2.75) is 54.4 Å². The molecule has 17 heavy (non-hydrogen) atoms. The molecule has 0 N–H and O–H groups in total. The van der Waals surface area contributed by atoms with Crippen LogP contribution < -0.4 is 0 Å². The minimum absolute atomic E-state index is 0.143. The molecule has 0 aromatic carbocycles. The van der Waals surface area contributed by atoms with E-state index in [0.29, 0.717) is 5.41 Å². The normalized spacial score (nSPS) is 19.9. The maximum Gasteiger partial charge on any atom is 0.0601 e. The summed E-state index contributed by atoms with van der Waals surface area (Å²) in [6.45, 7) is 17.0. The molecule has 0 bridgehead atoms. The number of rotatable bonds is 1. The SMILES string of the molecule is CC(C)(C)C#CCN1CCC(C(C)(C)C)CC1. The Bertz CT molecular complexity index is 284. The first-order valence-corrected chi connectivity index (χ1v) is 6.91. The summed E-state index contributed by atoms with van der Waals surface area (Å²) in [5.41, 5.74) is 0.618. The third-order valence-electron chi connectivity index (χ3n) is 3.58. The second kappa shape index (κ2) is 5.44. The van der Waals surface area contributed by atoms with Crippen molar-refractivity contribution in [1.82, 2.24) is 4.90 Å². The Morgan fingerprint density at radius 1 is 1.00 bits per heavy atom. The Morgan fingerprint density at radius 3 is 1.94 bits per heavy atom. The lowest BCUT2D eigenvalue weighted by Crippen LogP contribution is -2.38. The first kappa shape index (κ1) is 14.6. The largest absolute Gasteiger partial charge is 0.292 e. The van der Waals surface area contributed by atoms with Gasteiger partial charge in [0.05, 0.1) is 6.54 Å². The van der Waals surface area contributed by atoms with Gasteiger partial charge in [-0.1, -0.05) is 32.6 Å². The van der Waals surface area contributed by atoms with Crippen molar-refractivity contribution >= 4 is 0 Å². The molecular weight excluding hydrogens is 206 g/mol. The van der Waals surface area contributed by atoms with Crippen LogP contribution in [0, 0.1) is 28.6 Å². The van der Waals surface area contributed by atoms with Gasteiger partial charge in [0.2, 0.25) is 0 Å². The summed E-state index contributed by atoms with van der Waals surface area (Å²) in [5.74, 6) is 7.53. The van der Waals surface area contributed by atoms with Crippen LogP contribution >= 0.6 is 0 Å². The topological polar surface area (TPSA) is 3.24 Å². The lowest BCUT2D eigenvalue weighted by Gasteiger charge is -2.38. The van der Waals surface area contributed by atoms with E-state index in [4.69, 9.17) is 0 Å². The minimum atomic E-state index is 0.143. The molecule has 0 aliphatic carbocycles. The summed E-state index contributed by atoms with van der Waals surface area (Å²) in [4.78, 5) is 2.50. The highest BCUT2D eigenvalue weighted by Crippen LogP contribution is 2.34. The quantitative estimate of drug-likeness (QED) is 0.625. The maximum atomic E-state index is 3.32. The lowest BCUT2D eigenvalue weighted by molar-refractivity contribution is 0.121. The molecule has 0 saturated carbocycles. The molecular formula is C16H29N. The summed E-state index contributed by atoms with van der Waals surface area (Å²) in [6.07, 6.45) is 2.67. The van der Waals surface area contributed by atoms with Gasteiger partial charge in [-0.3, -0.25) is 4.90 Å². The van der Waals surface area contributed by atoms with Crippen LogP contribution in [0.4, 0.5) is 0 Å². The van der Waals surface area contributed by atoms with E-state index in [0.717, 1.165) is 12.5 Å². The number of piperidine rings is 1. The zero-order chi connectivity index (χ0) is 13.1. The highest BCUT2D eigenvalue weighted by molar-refractivity contribution is 5.08. The van der Waals surface area contributed by atoms with Crippen LogP contribution in [0.1, 0.15) is 54.4 Å². The van der Waals surface area contributed by atoms with Crippen LogP contribution in [-0.2, 0) is 0 Å². The van der Waals surface area contributed by atoms with Crippen LogP contribution in [0.3, 0.4) is 0 Å². The highest BCUT2D eigenvalue weighted by atomic mass is 15.1. The van der Waals surface area contributed by atoms with E-state index in [-0.39, 0.29) is 5.41 Å². The summed E-state index contributed by atoms with van der Waals surface area (Å²) < 4.78 is 0. The smallest absolute Gasteiger partial charge is 0.0601 e. The van der Waals surface area contributed by atoms with Crippen molar-refractivity contribution in [2.75, 3.05) is 19.6 Å². The molecule has 1 fully saturated rings. The lowest BCUT2D eigenvalue weighted by atomic mass is 9.75. The van der Waals surface area contributed by atoms with E-state index >= 15 is 0 Å². The molecule has 1 aliphatic heterocycles. The third-order valence-corrected chi connectivity index (χ3v) is 3.58. The molecule has 0 atom stereocenters. The molecule has 0 radical (unpaired) electrons. The molecule has 1 heterocycles. The zero-order valence-corrected chi connectivity index (χ0v) is 12.6. The average Bonchev–Trinajstić information content (AvgIpc) is 2.15. The average molecular weight is 235 g/mol. The second-order valence-electron chi connectivity index (χ2n) is 7.47. The van der Waals surface area contributed by atoms with Crippen molar-refractivity contribution in [1.29, 1.82) is 0 Å². The fourth-order valence-electron chi connectivity index (χ4n) is 2.37. The van der Waals surface area contributed by atoms with E-state index in [1.807, 2.05) is 0 Å². The first-order valence-electron chi connectivity index (χ1n) is 6.91. The Kier molecular flexibility index (Phi) is 4.67. The monoisotopic (exact) mass is 235 g/mol. The third kappa shape index (κ3) is 5.59. The van der Waals surface area contributed by atoms with Crippen LogP contribution in [0.5, 0.6) is 0 Å². The standard InChI is InChI=1S/C16H29N/c1-15(2,3)10-7-11-17-12-8-14(9-13-17)16(4,5)6/h14H,8-9,11-13H2,1-6H3. The van der Waals surface area contributed by atoms with Gasteiger partial charge in [-0.25, -0.2) is 0 Å². The van der Waals surface area contributed by atoms with Crippen molar-refractivity contribution < 1.29 is 0 Å². The van der Waals surface area contributed by atoms with Gasteiger partial charge in [0.1, 0.15) is 0 Å². The fraction of sp³-hybridized carbons (Fsp3) is 0.875. The van der Waals surface area contributed by atoms with Crippen LogP contribution in [0.2, 0.25) is 0 Å². The summed E-state index contributed by atoms with van der Waals surface area (Å²) in [6, 6.07) is 0. The predicted molar refractivity (Wildman–Crippen MR) is 75.9 cm³/mol. The molecule has 1 rings (SSSR count). The molecule has 1 heteroatoms. The molecule has 0 unspecified atom stereocenters. The molecule has 1 aliphatic rings. The molecule has 0 spiro atoms. The van der Waals surface area contributed by atoms with E-state index in [2.05, 4.69) is 58.3 Å². The molecule has 1 saturated heterocycles. The van der Waals surface area contributed by atoms with Gasteiger partial charge in [0.25, 0.3) is 0 Å². The van der Waals surface area contributed by atoms with Crippen molar-refractivity contribution in [3.63, 3.8) is 0 Å². The molecule has 98 valence electrons. The molecule has 0 amide bonds. The van der Waals surface area contributed by atoms with Crippen LogP contribution in [0.15, 0.2) is 0 Å². The fourth-order valence-corrected chi connectivity index (χ4v) is 2.37. The van der Waals surface area contributed by atoms with Gasteiger partial charge >= 0.3 is 0 Å². The van der Waals surface area contributed by atoms with E-state index in [1.54, 1.807) is 0 Å². The molecule has 1 nitrogen and oxygen atoms in total. The van der Waals surface area contributed by atoms with Gasteiger partial charge in [-0.15, -0.1) is 0 Å². The summed E-state index contributed by atoms with van der Waals surface area (Å²) >= 11 is 0. The zero-order valence-electron chi connectivity index (χ0n) is 12.6. The number of nitrogens with zero attached hydrogens (tertiary/aromatic N) is 1. The number of hydrogen-bond acceptors (Lipinski definition) is 1. The Hall–Kier alpha value is -0.480. The minimum Gasteiger partial charge on any atom is -0.292 e. The summed E-state index contributed by atoms with van der Waals surface area (Å²) in [5, 5.41) is 0. The Labute approximate surface area is 108 Å². The van der Waals surface area contributed by atoms with Crippen molar-refractivity contribution in [3.8, 4) is 11.8 Å². The van der Waals surface area contributed by atoms with Gasteiger partial charge < -0.3 is 0 Å². The van der Waals surface area contributed by atoms with Gasteiger partial charge in [0.15, 0.2) is 0 Å². The van der Waals surface area contributed by atoms with Gasteiger partial charge in [0, 0.05) is 5.41 Å². The molecule has 0 aromatic heterocycles. The Morgan fingerprint density at radius 2 is 1.53 bits per heavy atom. The van der Waals surface area contributed by atoms with Gasteiger partial charge in [-0.2, -0.15) is 0 Å². The van der Waals surface area contributed by atoms with Gasteiger partial charge in [-0.05, 0) is 58.0 Å². The van der Waals surface area contributed by atoms with Crippen LogP contribution in [0.25, 0.3) is 0 Å². The predicted octanol–water partition coefficient (Wildman–Crippen LogP) is 3.79. The van der Waals surface area contributed by atoms with Crippen molar-refractivity contribution in [3.05, 3.63) is 0 Å². The number of hydrogen-bond donors (Lipinski definition) is 0. The van der Waals surface area contributed by atoms with Crippen LogP contribution in [-0.4, -0.2) is 24.5 Å². The highest BCUT2D eigenvalue weighted by Gasteiger charge is 2.28. The van der Waals surface area contributed by atoms with Crippen molar-refractivity contribution in [2.24, 2.45) is 16.7 Å². The number of likely N-dealkylation sites (tertiary alicyclic amines) is 1. The molecule has 0 aromatic rings. The Balaban J connectivity index is 2.35. The second-order valence-corrected chi connectivity index (χ2v) is 7.47. The van der Waals surface area contributed by atoms with E-state index in [9.17, 15) is 0 Å². The summed E-state index contributed by atoms with van der Waals surface area (Å²) in [7, 11) is 0. The van der Waals surface area contributed by atoms with E-state index < -0.39 is 0 Å².